The Labute approximate surface area is 369 Å². The molecule has 0 amide bonds. The molecule has 8 heteroatoms. The molecule has 1 aliphatic heterocycles. The number of carbonyl (C=O) groups is 3. The van der Waals surface area contributed by atoms with Crippen molar-refractivity contribution in [2.24, 2.45) is 11.8 Å². The van der Waals surface area contributed by atoms with E-state index < -0.39 is 12.1 Å². The highest BCUT2D eigenvalue weighted by molar-refractivity contribution is 5.82. The van der Waals surface area contributed by atoms with Crippen LogP contribution in [-0.4, -0.2) is 69.1 Å². The van der Waals surface area contributed by atoms with Gasteiger partial charge in [0.2, 0.25) is 0 Å². The summed E-state index contributed by atoms with van der Waals surface area (Å²) in [7, 11) is 0. The molecular formula is C52H93NO7. The number of esters is 2. The molecule has 0 N–H and O–H groups in total. The topological polar surface area (TPSA) is 91.4 Å². The summed E-state index contributed by atoms with van der Waals surface area (Å²) in [5.41, 5.74) is 1.16. The second kappa shape index (κ2) is 41.7. The fourth-order valence-electron chi connectivity index (χ4n) is 7.69. The van der Waals surface area contributed by atoms with Gasteiger partial charge in [-0.3, -0.25) is 4.79 Å². The van der Waals surface area contributed by atoms with Crippen molar-refractivity contribution >= 4 is 18.1 Å². The smallest absolute Gasteiger partial charge is 0.465 e. The number of piperidine rings is 1. The van der Waals surface area contributed by atoms with Crippen LogP contribution in [0.4, 0.5) is 4.79 Å². The summed E-state index contributed by atoms with van der Waals surface area (Å²) in [6, 6.07) is 0. The van der Waals surface area contributed by atoms with Crippen molar-refractivity contribution in [2.75, 3.05) is 46.1 Å². The Morgan fingerprint density at radius 1 is 0.533 bits per heavy atom. The molecule has 1 rings (SSSR count). The first-order valence-corrected chi connectivity index (χ1v) is 25.2. The minimum Gasteiger partial charge on any atom is -0.465 e. The van der Waals surface area contributed by atoms with E-state index in [9.17, 15) is 14.4 Å². The van der Waals surface area contributed by atoms with E-state index in [1.807, 2.05) is 0 Å². The van der Waals surface area contributed by atoms with E-state index >= 15 is 0 Å². The normalized spacial score (nSPS) is 14.6. The number of likely N-dealkylation sites (tertiary alicyclic amines) is 1. The van der Waals surface area contributed by atoms with Gasteiger partial charge in [0.15, 0.2) is 0 Å². The highest BCUT2D eigenvalue weighted by Crippen LogP contribution is 2.20. The van der Waals surface area contributed by atoms with E-state index in [1.165, 1.54) is 103 Å². The first-order chi connectivity index (χ1) is 29.4. The number of hydrogen-bond donors (Lipinski definition) is 0. The van der Waals surface area contributed by atoms with Crippen LogP contribution in [0.25, 0.3) is 0 Å². The van der Waals surface area contributed by atoms with Crippen molar-refractivity contribution in [2.45, 2.75) is 220 Å². The monoisotopic (exact) mass is 844 g/mol. The zero-order chi connectivity index (χ0) is 43.6. The molecule has 0 radical (unpaired) electrons. The van der Waals surface area contributed by atoms with Gasteiger partial charge in [-0.05, 0) is 103 Å². The molecule has 1 unspecified atom stereocenters. The number of rotatable bonds is 40. The zero-order valence-electron chi connectivity index (χ0n) is 39.5. The molecule has 1 heterocycles. The van der Waals surface area contributed by atoms with Crippen molar-refractivity contribution in [1.82, 2.24) is 4.90 Å². The van der Waals surface area contributed by atoms with Crippen LogP contribution >= 0.6 is 0 Å². The summed E-state index contributed by atoms with van der Waals surface area (Å²) in [4.78, 5) is 40.9. The fraction of sp³-hybridized carbons (Fsp3) is 0.827. The van der Waals surface area contributed by atoms with E-state index in [-0.39, 0.29) is 31.8 Å². The van der Waals surface area contributed by atoms with Crippen LogP contribution in [0.15, 0.2) is 36.0 Å². The third-order valence-corrected chi connectivity index (χ3v) is 11.8. The predicted octanol–water partition coefficient (Wildman–Crippen LogP) is 14.6. The molecule has 0 aromatic heterocycles. The predicted molar refractivity (Wildman–Crippen MR) is 250 cm³/mol. The summed E-state index contributed by atoms with van der Waals surface area (Å²) in [5, 5.41) is 0. The number of unbranched alkanes of at least 4 members (excludes halogenated alkanes) is 20. The summed E-state index contributed by atoms with van der Waals surface area (Å²) in [6.45, 7) is 12.3. The molecule has 1 fully saturated rings. The van der Waals surface area contributed by atoms with Crippen LogP contribution in [0.1, 0.15) is 220 Å². The van der Waals surface area contributed by atoms with Crippen LogP contribution in [0.5, 0.6) is 0 Å². The third kappa shape index (κ3) is 35.0. The van der Waals surface area contributed by atoms with Crippen LogP contribution in [0.3, 0.4) is 0 Å². The van der Waals surface area contributed by atoms with Gasteiger partial charge < -0.3 is 23.8 Å². The maximum atomic E-state index is 13.2. The van der Waals surface area contributed by atoms with E-state index in [0.29, 0.717) is 18.9 Å². The number of allylic oxidation sites excluding steroid dienone is 5. The maximum Gasteiger partial charge on any atom is 0.508 e. The number of hydrogen-bond acceptors (Lipinski definition) is 8. The van der Waals surface area contributed by atoms with E-state index in [2.05, 4.69) is 56.9 Å². The molecular weight excluding hydrogens is 751 g/mol. The summed E-state index contributed by atoms with van der Waals surface area (Å²) in [6.07, 6.45) is 43.9. The first-order valence-electron chi connectivity index (χ1n) is 25.2. The minimum absolute atomic E-state index is 0.00286. The summed E-state index contributed by atoms with van der Waals surface area (Å²) < 4.78 is 22.4. The second-order valence-electron chi connectivity index (χ2n) is 17.5. The third-order valence-electron chi connectivity index (χ3n) is 11.8. The van der Waals surface area contributed by atoms with Gasteiger partial charge in [0.25, 0.3) is 0 Å². The molecule has 8 nitrogen and oxygen atoms in total. The largest absolute Gasteiger partial charge is 0.508 e. The summed E-state index contributed by atoms with van der Waals surface area (Å²) >= 11 is 0. The molecule has 0 bridgehead atoms. The van der Waals surface area contributed by atoms with Gasteiger partial charge in [0.05, 0.1) is 12.5 Å². The Kier molecular flexibility index (Phi) is 38.5. The van der Waals surface area contributed by atoms with Crippen LogP contribution < -0.4 is 0 Å². The van der Waals surface area contributed by atoms with Crippen molar-refractivity contribution in [3.05, 3.63) is 36.0 Å². The average molecular weight is 844 g/mol. The average Bonchev–Trinajstić information content (AvgIpc) is 3.26. The van der Waals surface area contributed by atoms with Crippen molar-refractivity contribution in [1.29, 1.82) is 0 Å². The summed E-state index contributed by atoms with van der Waals surface area (Å²) in [5.74, 6) is -0.802. The lowest BCUT2D eigenvalue weighted by atomic mass is 9.98. The lowest BCUT2D eigenvalue weighted by Crippen LogP contribution is -2.35. The van der Waals surface area contributed by atoms with Gasteiger partial charge in [-0.1, -0.05) is 167 Å². The molecule has 60 heavy (non-hydrogen) atoms. The molecule has 0 saturated carbocycles. The highest BCUT2D eigenvalue weighted by Gasteiger charge is 2.22. The fourth-order valence-corrected chi connectivity index (χ4v) is 7.69. The molecule has 1 saturated heterocycles. The Bertz CT molecular complexity index is 1110. The van der Waals surface area contributed by atoms with Gasteiger partial charge in [-0.25, -0.2) is 9.59 Å². The van der Waals surface area contributed by atoms with Crippen LogP contribution in [0.2, 0.25) is 0 Å². The number of nitrogens with zero attached hydrogens (tertiary/aromatic N) is 1. The lowest BCUT2D eigenvalue weighted by molar-refractivity contribution is -0.148. The molecule has 348 valence electrons. The molecule has 0 spiro atoms. The molecule has 1 aliphatic rings. The highest BCUT2D eigenvalue weighted by atomic mass is 16.7. The van der Waals surface area contributed by atoms with Gasteiger partial charge in [0, 0.05) is 12.5 Å². The Hall–Kier alpha value is -2.61. The number of ether oxygens (including phenoxy) is 4. The van der Waals surface area contributed by atoms with Crippen LogP contribution in [-0.2, 0) is 28.5 Å². The molecule has 0 aliphatic carbocycles. The lowest BCUT2D eigenvalue weighted by Gasteiger charge is -2.30. The standard InChI is InChI=1S/C52H93NO7/c1-5-9-12-15-18-20-21-22-23-24-25-26-28-31-34-37-50(54)57-44-49(46-60-52(56)59-43-48-38-40-53(8-4)41-39-48)45-58-51(55)42-47(35-32-29-17-14-11-7-3)36-33-30-27-19-16-13-10-6-2/h18,20,22-23,42,48-49H,5-17,19,21,24-41,43-46H2,1-4H3/b20-18-,23-22-,47-42-. The van der Waals surface area contributed by atoms with Crippen LogP contribution in [0, 0.1) is 11.8 Å². The molecule has 1 atom stereocenters. The Morgan fingerprint density at radius 3 is 1.57 bits per heavy atom. The SMILES string of the molecule is CCCCC/C=C\C/C=C\CCCCCCCC(=O)OCC(COC(=O)/C=C(/CCCCCCCC)CCCCCCCCCC)COC(=O)OCC1CCN(CC)CC1. The van der Waals surface area contributed by atoms with E-state index in [1.54, 1.807) is 6.08 Å². The van der Waals surface area contributed by atoms with Gasteiger partial charge in [-0.2, -0.15) is 0 Å². The Morgan fingerprint density at radius 2 is 1.00 bits per heavy atom. The minimum atomic E-state index is -0.729. The van der Waals surface area contributed by atoms with E-state index in [0.717, 1.165) is 109 Å². The second-order valence-corrected chi connectivity index (χ2v) is 17.5. The van der Waals surface area contributed by atoms with Gasteiger partial charge in [-0.15, -0.1) is 0 Å². The number of carbonyl (C=O) groups excluding carboxylic acids is 3. The Balaban J connectivity index is 2.61. The quantitative estimate of drug-likeness (QED) is 0.0198. The van der Waals surface area contributed by atoms with E-state index in [4.69, 9.17) is 18.9 Å². The van der Waals surface area contributed by atoms with Crippen molar-refractivity contribution < 1.29 is 33.3 Å². The molecule has 0 aromatic carbocycles. The van der Waals surface area contributed by atoms with Gasteiger partial charge in [0.1, 0.15) is 19.8 Å². The zero-order valence-corrected chi connectivity index (χ0v) is 39.5. The van der Waals surface area contributed by atoms with Crippen molar-refractivity contribution in [3.8, 4) is 0 Å². The van der Waals surface area contributed by atoms with Gasteiger partial charge >= 0.3 is 18.1 Å². The molecule has 0 aromatic rings. The maximum absolute atomic E-state index is 13.2. The van der Waals surface area contributed by atoms with Crippen molar-refractivity contribution in [3.63, 3.8) is 0 Å². The first kappa shape index (κ1) is 55.4.